The van der Waals surface area contributed by atoms with Crippen molar-refractivity contribution >= 4 is 34.0 Å². The van der Waals surface area contributed by atoms with E-state index in [4.69, 9.17) is 4.42 Å². The van der Waals surface area contributed by atoms with Crippen molar-refractivity contribution in [2.45, 2.75) is 20.4 Å². The predicted molar refractivity (Wildman–Crippen MR) is 177 cm³/mol. The van der Waals surface area contributed by atoms with E-state index in [1.54, 1.807) is 6.07 Å². The van der Waals surface area contributed by atoms with Gasteiger partial charge in [0.05, 0.1) is 6.54 Å². The first kappa shape index (κ1) is 31.7. The molecule has 3 aromatic carbocycles. The lowest BCUT2D eigenvalue weighted by molar-refractivity contribution is -0.133. The Kier molecular flexibility index (Phi) is 9.65. The minimum atomic E-state index is -0.831. The van der Waals surface area contributed by atoms with Crippen LogP contribution in [0.1, 0.15) is 35.5 Å². The quantitative estimate of drug-likeness (QED) is 0.222. The largest absolute Gasteiger partial charge is 0.452 e. The fourth-order valence-corrected chi connectivity index (χ4v) is 6.39. The van der Waals surface area contributed by atoms with Gasteiger partial charge in [-0.15, -0.1) is 0 Å². The van der Waals surface area contributed by atoms with E-state index in [2.05, 4.69) is 39.5 Å². The number of furan rings is 1. The summed E-state index contributed by atoms with van der Waals surface area (Å²) in [6, 6.07) is 19.5. The zero-order valence-electron chi connectivity index (χ0n) is 26.6. The Balaban J connectivity index is 0.969. The van der Waals surface area contributed by atoms with Crippen LogP contribution in [0.5, 0.6) is 0 Å². The van der Waals surface area contributed by atoms with Gasteiger partial charge in [0, 0.05) is 100 Å². The minimum absolute atomic E-state index is 0.129. The monoisotopic (exact) mass is 629 g/mol. The molecule has 0 radical (unpaired) electrons. The molecule has 2 aliphatic rings. The number of halogens is 2. The molecular weight excluding hydrogens is 588 g/mol. The molecule has 0 saturated carbocycles. The average molecular weight is 630 g/mol. The van der Waals surface area contributed by atoms with Crippen LogP contribution in [0.3, 0.4) is 0 Å². The number of hydrogen-bond acceptors (Lipinski definition) is 7. The topological polar surface area (TPSA) is 63.5 Å². The van der Waals surface area contributed by atoms with Crippen molar-refractivity contribution in [3.05, 3.63) is 95.3 Å². The van der Waals surface area contributed by atoms with Crippen LogP contribution in [-0.4, -0.2) is 98.4 Å². The zero-order chi connectivity index (χ0) is 32.2. The highest BCUT2D eigenvalue weighted by Crippen LogP contribution is 2.27. The maximum absolute atomic E-state index is 13.6. The van der Waals surface area contributed by atoms with Crippen molar-refractivity contribution in [1.29, 1.82) is 0 Å². The molecule has 0 N–H and O–H groups in total. The number of amides is 1. The van der Waals surface area contributed by atoms with Crippen molar-refractivity contribution in [3.63, 3.8) is 0 Å². The van der Waals surface area contributed by atoms with Crippen molar-refractivity contribution in [1.82, 2.24) is 14.7 Å². The fraction of sp³-hybridized carbons (Fsp3) is 0.389. The summed E-state index contributed by atoms with van der Waals surface area (Å²) in [4.78, 5) is 37.1. The van der Waals surface area contributed by atoms with Crippen LogP contribution in [0.15, 0.2) is 71.1 Å². The molecule has 46 heavy (non-hydrogen) atoms. The molecule has 2 saturated heterocycles. The lowest BCUT2D eigenvalue weighted by Crippen LogP contribution is -2.53. The van der Waals surface area contributed by atoms with Gasteiger partial charge >= 0.3 is 0 Å². The molecule has 2 fully saturated rings. The number of nitrogens with zero attached hydrogens (tertiary/aromatic N) is 5. The van der Waals surface area contributed by atoms with Crippen LogP contribution in [0.25, 0.3) is 11.0 Å². The van der Waals surface area contributed by atoms with Gasteiger partial charge in [-0.25, -0.2) is 8.78 Å². The smallest absolute Gasteiger partial charge is 0.236 e. The van der Waals surface area contributed by atoms with Gasteiger partial charge in [0.15, 0.2) is 17.4 Å². The highest BCUT2D eigenvalue weighted by Gasteiger charge is 2.25. The Morgan fingerprint density at radius 3 is 2.13 bits per heavy atom. The predicted octanol–water partition coefficient (Wildman–Crippen LogP) is 5.25. The van der Waals surface area contributed by atoms with Gasteiger partial charge in [0.1, 0.15) is 5.58 Å². The minimum Gasteiger partial charge on any atom is -0.452 e. The molecule has 6 rings (SSSR count). The van der Waals surface area contributed by atoms with E-state index in [1.165, 1.54) is 12.1 Å². The normalized spacial score (nSPS) is 16.3. The van der Waals surface area contributed by atoms with Crippen LogP contribution in [0.4, 0.5) is 20.2 Å². The van der Waals surface area contributed by atoms with Crippen molar-refractivity contribution < 1.29 is 22.8 Å². The van der Waals surface area contributed by atoms with Gasteiger partial charge in [0.25, 0.3) is 0 Å². The third-order valence-electron chi connectivity index (χ3n) is 9.20. The number of rotatable bonds is 10. The molecule has 2 aliphatic heterocycles. The molecule has 8 nitrogen and oxygen atoms in total. The first-order chi connectivity index (χ1) is 22.3. The summed E-state index contributed by atoms with van der Waals surface area (Å²) in [7, 11) is 0. The molecule has 1 amide bonds. The molecule has 242 valence electrons. The highest BCUT2D eigenvalue weighted by atomic mass is 19.2. The summed E-state index contributed by atoms with van der Waals surface area (Å²) in [6.07, 6.45) is 0. The maximum atomic E-state index is 13.6. The Morgan fingerprint density at radius 1 is 0.761 bits per heavy atom. The average Bonchev–Trinajstić information content (AvgIpc) is 3.51. The number of benzene rings is 3. The molecule has 1 aromatic heterocycles. The molecule has 0 bridgehead atoms. The van der Waals surface area contributed by atoms with Gasteiger partial charge in [-0.1, -0.05) is 6.07 Å². The van der Waals surface area contributed by atoms with E-state index >= 15 is 0 Å². The van der Waals surface area contributed by atoms with Gasteiger partial charge in [-0.05, 0) is 74.0 Å². The van der Waals surface area contributed by atoms with E-state index in [-0.39, 0.29) is 11.7 Å². The molecule has 0 unspecified atom stereocenters. The maximum Gasteiger partial charge on any atom is 0.236 e. The number of anilines is 2. The SMILES string of the molecule is CCN(CC)c1ccc2cc(C(=O)c3ccc(N4CCN(C(=O)CN5CCN(Cc6ccc(F)c(F)c6)CC5)CC4)cc3)oc2c1. The molecule has 10 heteroatoms. The second-order valence-electron chi connectivity index (χ2n) is 12.0. The van der Waals surface area contributed by atoms with E-state index < -0.39 is 11.6 Å². The van der Waals surface area contributed by atoms with Crippen molar-refractivity contribution in [2.75, 3.05) is 81.8 Å². The van der Waals surface area contributed by atoms with Gasteiger partial charge in [-0.2, -0.15) is 0 Å². The van der Waals surface area contributed by atoms with Crippen LogP contribution < -0.4 is 9.80 Å². The van der Waals surface area contributed by atoms with Gasteiger partial charge in [-0.3, -0.25) is 19.4 Å². The van der Waals surface area contributed by atoms with Crippen LogP contribution in [0.2, 0.25) is 0 Å². The summed E-state index contributed by atoms with van der Waals surface area (Å²) in [6.45, 7) is 12.8. The van der Waals surface area contributed by atoms with E-state index in [1.807, 2.05) is 47.4 Å². The van der Waals surface area contributed by atoms with Gasteiger partial charge < -0.3 is 19.1 Å². The third-order valence-corrected chi connectivity index (χ3v) is 9.20. The number of carbonyl (C=O) groups excluding carboxylic acids is 2. The van der Waals surface area contributed by atoms with Crippen LogP contribution in [-0.2, 0) is 11.3 Å². The first-order valence-corrected chi connectivity index (χ1v) is 16.2. The van der Waals surface area contributed by atoms with E-state index in [9.17, 15) is 18.4 Å². The van der Waals surface area contributed by atoms with Crippen LogP contribution in [0, 0.1) is 11.6 Å². The van der Waals surface area contributed by atoms with E-state index in [0.29, 0.717) is 43.1 Å². The number of hydrogen-bond donors (Lipinski definition) is 0. The van der Waals surface area contributed by atoms with Crippen molar-refractivity contribution in [3.8, 4) is 0 Å². The lowest BCUT2D eigenvalue weighted by atomic mass is 10.1. The summed E-state index contributed by atoms with van der Waals surface area (Å²) >= 11 is 0. The van der Waals surface area contributed by atoms with E-state index in [0.717, 1.165) is 74.7 Å². The molecule has 0 spiro atoms. The standard InChI is InChI=1S/C36H41F2N5O3/c1-3-41(4-2)30-11-8-28-22-34(46-33(28)23-30)36(45)27-6-9-29(10-7-27)42-17-19-43(20-18-42)35(44)25-40-15-13-39(14-16-40)24-26-5-12-31(37)32(38)21-26/h5-12,21-23H,3-4,13-20,24-25H2,1-2H3. The van der Waals surface area contributed by atoms with Gasteiger partial charge in [0.2, 0.25) is 11.7 Å². The zero-order valence-corrected chi connectivity index (χ0v) is 26.6. The Hall–Kier alpha value is -4.28. The lowest BCUT2D eigenvalue weighted by Gasteiger charge is -2.38. The second kappa shape index (κ2) is 14.0. The molecule has 3 heterocycles. The number of ketones is 1. The second-order valence-corrected chi connectivity index (χ2v) is 12.0. The molecule has 0 aliphatic carbocycles. The number of carbonyl (C=O) groups is 2. The summed E-state index contributed by atoms with van der Waals surface area (Å²) in [5.41, 5.74) is 4.13. The molecule has 0 atom stereocenters. The first-order valence-electron chi connectivity index (χ1n) is 16.2. The molecular formula is C36H41F2N5O3. The third kappa shape index (κ3) is 7.08. The Labute approximate surface area is 268 Å². The Bertz CT molecular complexity index is 1670. The fourth-order valence-electron chi connectivity index (χ4n) is 6.39. The highest BCUT2D eigenvalue weighted by molar-refractivity contribution is 6.09. The van der Waals surface area contributed by atoms with Crippen molar-refractivity contribution in [2.24, 2.45) is 0 Å². The molecule has 4 aromatic rings. The summed E-state index contributed by atoms with van der Waals surface area (Å²) < 4.78 is 32.8. The van der Waals surface area contributed by atoms with Crippen LogP contribution >= 0.6 is 0 Å². The number of piperazine rings is 2. The Morgan fingerprint density at radius 2 is 1.46 bits per heavy atom. The number of fused-ring (bicyclic) bond motifs is 1. The summed E-state index contributed by atoms with van der Waals surface area (Å²) in [5, 5.41) is 0.908. The summed E-state index contributed by atoms with van der Waals surface area (Å²) in [5.74, 6) is -1.34.